The van der Waals surface area contributed by atoms with E-state index in [9.17, 15) is 0 Å². The van der Waals surface area contributed by atoms with Crippen molar-refractivity contribution in [1.29, 1.82) is 0 Å². The minimum Gasteiger partial charge on any atom is -0.214 e. The fourth-order valence-electron chi connectivity index (χ4n) is 5.27. The maximum absolute atomic E-state index is 3.50. The molecule has 0 N–H and O–H groups in total. The molecule has 38 heavy (non-hydrogen) atoms. The molecule has 3 heteroatoms. The largest absolute Gasteiger partial charge is 0.214 e. The Bertz CT molecular complexity index is 1360. The molecular weight excluding hydrogens is 583 g/mol. The zero-order valence-electron chi connectivity index (χ0n) is 22.4. The molecule has 0 aliphatic heterocycles. The van der Waals surface area contributed by atoms with E-state index in [1.54, 1.807) is 0 Å². The van der Waals surface area contributed by atoms with Crippen LogP contribution in [0, 0.1) is 6.08 Å². The van der Waals surface area contributed by atoms with Gasteiger partial charge in [0, 0.05) is 5.41 Å². The summed E-state index contributed by atoms with van der Waals surface area (Å²) >= 11 is 1.46. The standard InChI is InChI=1S/C23H21.C7H6.C5H5.2ClH.Zr/c1-22(2)7-5-14-10-18-16(12-20(14)22)9-17-13-21-15(11-19(17)18)6-8-23(21,3)4;1-7-5-3-2-4-6-7;1-2-4-5-3-1;;;/h5-7,10-13H,9H2,1-4H3;1-6H;1-5H;2*1H;/q-1;;-1;;;+2/p-2. The van der Waals surface area contributed by atoms with Crippen molar-refractivity contribution in [3.05, 3.63) is 136 Å². The van der Waals surface area contributed by atoms with Crippen LogP contribution in [0.2, 0.25) is 0 Å². The second-order valence-corrected chi connectivity index (χ2v) is 11.6. The van der Waals surface area contributed by atoms with E-state index in [4.69, 9.17) is 0 Å². The van der Waals surface area contributed by atoms with Gasteiger partial charge in [-0.25, -0.2) is 18.2 Å². The predicted molar refractivity (Wildman–Crippen MR) is 151 cm³/mol. The summed E-state index contributed by atoms with van der Waals surface area (Å²) in [7, 11) is 0. The monoisotopic (exact) mass is 612 g/mol. The van der Waals surface area contributed by atoms with E-state index in [1.165, 1.54) is 74.3 Å². The van der Waals surface area contributed by atoms with Gasteiger partial charge < -0.3 is 24.8 Å². The molecule has 0 radical (unpaired) electrons. The number of benzene rings is 3. The molecule has 0 unspecified atom stereocenters. The molecule has 0 spiro atoms. The van der Waals surface area contributed by atoms with Crippen LogP contribution in [0.1, 0.15) is 66.6 Å². The van der Waals surface area contributed by atoms with Crippen molar-refractivity contribution >= 4 is 15.9 Å². The summed E-state index contributed by atoms with van der Waals surface area (Å²) in [6.45, 7) is 9.13. The molecule has 0 amide bonds. The Balaban J connectivity index is 0.000000222. The van der Waals surface area contributed by atoms with Gasteiger partial charge in [-0.3, -0.25) is 6.08 Å². The molecule has 0 bridgehead atoms. The van der Waals surface area contributed by atoms with Gasteiger partial charge in [0.25, 0.3) is 0 Å². The van der Waals surface area contributed by atoms with Crippen molar-refractivity contribution in [1.82, 2.24) is 0 Å². The van der Waals surface area contributed by atoms with Gasteiger partial charge in [-0.15, -0.1) is 11.6 Å². The molecule has 0 aromatic heterocycles. The van der Waals surface area contributed by atoms with Crippen molar-refractivity contribution in [3.8, 4) is 11.1 Å². The van der Waals surface area contributed by atoms with Crippen LogP contribution < -0.4 is 24.8 Å². The summed E-state index contributed by atoms with van der Waals surface area (Å²) in [5, 5.41) is 0. The first kappa shape index (κ1) is 30.4. The van der Waals surface area contributed by atoms with E-state index in [2.05, 4.69) is 104 Å². The van der Waals surface area contributed by atoms with Crippen molar-refractivity contribution in [2.45, 2.75) is 44.9 Å². The zero-order chi connectivity index (χ0) is 25.3. The Morgan fingerprint density at radius 1 is 0.789 bits per heavy atom. The van der Waals surface area contributed by atoms with Gasteiger partial charge in [-0.05, 0) is 45.9 Å². The second-order valence-electron chi connectivity index (χ2n) is 10.9. The number of hydrogen-bond donors (Lipinski definition) is 0. The molecular formula is C35H32Cl2Zr-2. The molecule has 0 nitrogen and oxygen atoms in total. The fourth-order valence-corrected chi connectivity index (χ4v) is 5.75. The molecule has 4 aromatic carbocycles. The number of rotatable bonds is 1. The molecule has 0 atom stereocenters. The molecule has 7 rings (SSSR count). The minimum absolute atomic E-state index is 0. The molecule has 0 fully saturated rings. The summed E-state index contributed by atoms with van der Waals surface area (Å²) in [4.78, 5) is 0. The van der Waals surface area contributed by atoms with Crippen molar-refractivity contribution in [3.63, 3.8) is 0 Å². The fraction of sp³-hybridized carbons (Fsp3) is 0.200. The molecule has 4 aromatic rings. The predicted octanol–water partition coefficient (Wildman–Crippen LogP) is 2.47. The maximum Gasteiger partial charge on any atom is -0.172 e. The second kappa shape index (κ2) is 12.3. The summed E-state index contributed by atoms with van der Waals surface area (Å²) in [5.41, 5.74) is 13.0. The number of hydrogen-bond acceptors (Lipinski definition) is 0. The van der Waals surface area contributed by atoms with E-state index >= 15 is 0 Å². The van der Waals surface area contributed by atoms with Crippen LogP contribution in [0.25, 0.3) is 23.3 Å². The van der Waals surface area contributed by atoms with Crippen LogP contribution in [0.15, 0.2) is 91.0 Å². The number of fused-ring (bicyclic) bond motifs is 5. The van der Waals surface area contributed by atoms with Gasteiger partial charge >= 0.3 is 63.8 Å². The molecule has 0 saturated carbocycles. The zero-order valence-corrected chi connectivity index (χ0v) is 26.3. The Kier molecular flexibility index (Phi) is 9.86. The number of allylic oxidation sites excluding steroid dienone is 2. The summed E-state index contributed by atoms with van der Waals surface area (Å²) in [5.74, 6) is 0. The average Bonchev–Trinajstić information content (AvgIpc) is 3.67. The van der Waals surface area contributed by atoms with Gasteiger partial charge in [-0.1, -0.05) is 57.4 Å². The smallest absolute Gasteiger partial charge is 0.172 e. The van der Waals surface area contributed by atoms with Crippen LogP contribution in [0.3, 0.4) is 0 Å². The first-order valence-electron chi connectivity index (χ1n) is 12.7. The molecule has 0 saturated heterocycles. The van der Waals surface area contributed by atoms with Gasteiger partial charge in [0.1, 0.15) is 0 Å². The summed E-state index contributed by atoms with van der Waals surface area (Å²) in [6, 6.07) is 30.0. The Morgan fingerprint density at radius 3 is 1.95 bits per heavy atom. The summed E-state index contributed by atoms with van der Waals surface area (Å²) < 4.78 is 2.17. The van der Waals surface area contributed by atoms with Crippen LogP contribution >= 0.6 is 0 Å². The average molecular weight is 615 g/mol. The van der Waals surface area contributed by atoms with E-state index in [-0.39, 0.29) is 35.6 Å². The van der Waals surface area contributed by atoms with Crippen LogP contribution in [0.4, 0.5) is 0 Å². The van der Waals surface area contributed by atoms with E-state index in [0.29, 0.717) is 0 Å². The molecule has 3 aliphatic carbocycles. The third-order valence-electron chi connectivity index (χ3n) is 7.38. The van der Waals surface area contributed by atoms with Crippen molar-refractivity contribution < 1.29 is 49.0 Å². The molecule has 3 aliphatic rings. The Hall–Kier alpha value is -2.18. The Labute approximate surface area is 255 Å². The SMILES string of the molecule is CC1(C)[C-]=Cc2cc3c(cc21)Cc1cc2c(cc1-3)C=CC2(C)C.[Cl-].[Cl-].[Zr+2]=[CH]c1ccccc1.c1cc[cH-]c1. The maximum atomic E-state index is 3.50. The summed E-state index contributed by atoms with van der Waals surface area (Å²) in [6.07, 6.45) is 11.4. The van der Waals surface area contributed by atoms with Crippen LogP contribution in [0.5, 0.6) is 0 Å². The molecule has 192 valence electrons. The van der Waals surface area contributed by atoms with Gasteiger partial charge in [0.05, 0.1) is 0 Å². The normalized spacial score (nSPS) is 15.2. The van der Waals surface area contributed by atoms with E-state index < -0.39 is 0 Å². The number of halogens is 2. The third kappa shape index (κ3) is 6.17. The Morgan fingerprint density at radius 2 is 1.39 bits per heavy atom. The van der Waals surface area contributed by atoms with Gasteiger partial charge in [0.15, 0.2) is 0 Å². The van der Waals surface area contributed by atoms with Crippen molar-refractivity contribution in [2.24, 2.45) is 0 Å². The first-order valence-corrected chi connectivity index (χ1v) is 14.1. The van der Waals surface area contributed by atoms with Crippen molar-refractivity contribution in [2.75, 3.05) is 0 Å². The van der Waals surface area contributed by atoms with E-state index in [0.717, 1.165) is 6.42 Å². The quantitative estimate of drug-likeness (QED) is 0.255. The van der Waals surface area contributed by atoms with Crippen LogP contribution in [-0.4, -0.2) is 3.71 Å². The van der Waals surface area contributed by atoms with Crippen LogP contribution in [-0.2, 0) is 41.5 Å². The van der Waals surface area contributed by atoms with Gasteiger partial charge in [0.2, 0.25) is 0 Å². The topological polar surface area (TPSA) is 0 Å². The van der Waals surface area contributed by atoms with E-state index in [1.807, 2.05) is 36.4 Å². The minimum atomic E-state index is 0. The van der Waals surface area contributed by atoms with Gasteiger partial charge in [-0.2, -0.15) is 23.8 Å². The third-order valence-corrected chi connectivity index (χ3v) is 8.20. The molecule has 0 heterocycles. The first-order chi connectivity index (χ1) is 17.3.